The van der Waals surface area contributed by atoms with Crippen molar-refractivity contribution in [2.45, 2.75) is 26.2 Å². The summed E-state index contributed by atoms with van der Waals surface area (Å²) in [5.74, 6) is -0.397. The zero-order chi connectivity index (χ0) is 17.7. The molecular formula is C18H24N2O4. The van der Waals surface area contributed by atoms with E-state index in [4.69, 9.17) is 4.74 Å². The van der Waals surface area contributed by atoms with Crippen LogP contribution < -0.4 is 0 Å². The molecule has 6 heteroatoms. The molecule has 0 aliphatic heterocycles. The first-order valence-corrected chi connectivity index (χ1v) is 8.09. The van der Waals surface area contributed by atoms with E-state index >= 15 is 0 Å². The Morgan fingerprint density at radius 1 is 1.25 bits per heavy atom. The summed E-state index contributed by atoms with van der Waals surface area (Å²) in [5, 5.41) is 10.9. The van der Waals surface area contributed by atoms with Crippen molar-refractivity contribution >= 4 is 22.8 Å². The summed E-state index contributed by atoms with van der Waals surface area (Å²) in [7, 11) is 3.95. The third-order valence-electron chi connectivity index (χ3n) is 3.83. The van der Waals surface area contributed by atoms with E-state index in [2.05, 4.69) is 0 Å². The van der Waals surface area contributed by atoms with Gasteiger partial charge in [-0.15, -0.1) is 0 Å². The number of carbonyl (C=O) groups excluding carboxylic acids is 2. The van der Waals surface area contributed by atoms with Crippen LogP contribution in [0, 0.1) is 0 Å². The Bertz CT molecular complexity index is 734. The number of likely N-dealkylation sites (N-methyl/N-ethyl adjacent to an activating group) is 1. The minimum absolute atomic E-state index is 0.0538. The molecule has 2 rings (SSSR count). The Morgan fingerprint density at radius 2 is 2.00 bits per heavy atom. The first kappa shape index (κ1) is 18.0. The van der Waals surface area contributed by atoms with Gasteiger partial charge in [0.25, 0.3) is 0 Å². The maximum Gasteiger partial charge on any atom is 0.306 e. The van der Waals surface area contributed by atoms with Gasteiger partial charge in [-0.3, -0.25) is 14.2 Å². The van der Waals surface area contributed by atoms with Gasteiger partial charge in [-0.1, -0.05) is 6.07 Å². The van der Waals surface area contributed by atoms with E-state index in [0.717, 1.165) is 18.5 Å². The Labute approximate surface area is 141 Å². The molecule has 130 valence electrons. The lowest BCUT2D eigenvalue weighted by Crippen LogP contribution is -2.15. The highest BCUT2D eigenvalue weighted by Gasteiger charge is 2.17. The first-order chi connectivity index (χ1) is 11.4. The fourth-order valence-corrected chi connectivity index (χ4v) is 2.65. The van der Waals surface area contributed by atoms with E-state index in [0.29, 0.717) is 17.5 Å². The topological polar surface area (TPSA) is 71.8 Å². The van der Waals surface area contributed by atoms with Gasteiger partial charge in [-0.2, -0.15) is 0 Å². The van der Waals surface area contributed by atoms with Crippen molar-refractivity contribution in [3.8, 4) is 5.75 Å². The van der Waals surface area contributed by atoms with Crippen LogP contribution in [0.4, 0.5) is 0 Å². The zero-order valence-electron chi connectivity index (χ0n) is 14.4. The SMILES string of the molecule is CCOC(=O)CCC(=O)n1cc(CCN(C)C)c2c(O)cccc21. The number of fused-ring (bicyclic) bond motifs is 1. The molecule has 0 fully saturated rings. The summed E-state index contributed by atoms with van der Waals surface area (Å²) >= 11 is 0. The summed E-state index contributed by atoms with van der Waals surface area (Å²) in [6, 6.07) is 5.13. The number of carbonyl (C=O) groups is 2. The van der Waals surface area contributed by atoms with Crippen molar-refractivity contribution in [1.29, 1.82) is 0 Å². The summed E-state index contributed by atoms with van der Waals surface area (Å²) < 4.78 is 6.39. The molecule has 1 N–H and O–H groups in total. The molecule has 0 amide bonds. The maximum absolute atomic E-state index is 12.5. The number of aromatic nitrogens is 1. The highest BCUT2D eigenvalue weighted by Crippen LogP contribution is 2.30. The molecule has 24 heavy (non-hydrogen) atoms. The summed E-state index contributed by atoms with van der Waals surface area (Å²) in [5.41, 5.74) is 1.58. The molecule has 2 aromatic rings. The van der Waals surface area contributed by atoms with Gasteiger partial charge in [0, 0.05) is 24.5 Å². The van der Waals surface area contributed by atoms with Crippen LogP contribution in [0.5, 0.6) is 5.75 Å². The monoisotopic (exact) mass is 332 g/mol. The first-order valence-electron chi connectivity index (χ1n) is 8.09. The van der Waals surface area contributed by atoms with Gasteiger partial charge in [-0.05, 0) is 45.1 Å². The van der Waals surface area contributed by atoms with Crippen LogP contribution in [-0.4, -0.2) is 53.7 Å². The fourth-order valence-electron chi connectivity index (χ4n) is 2.65. The number of phenols is 1. The maximum atomic E-state index is 12.5. The van der Waals surface area contributed by atoms with Gasteiger partial charge in [0.15, 0.2) is 0 Å². The van der Waals surface area contributed by atoms with Crippen LogP contribution in [0.1, 0.15) is 30.1 Å². The molecule has 0 bridgehead atoms. The lowest BCUT2D eigenvalue weighted by Gasteiger charge is -2.08. The molecule has 0 radical (unpaired) electrons. The van der Waals surface area contributed by atoms with E-state index in [9.17, 15) is 14.7 Å². The van der Waals surface area contributed by atoms with Gasteiger partial charge in [-0.25, -0.2) is 0 Å². The van der Waals surface area contributed by atoms with Gasteiger partial charge in [0.2, 0.25) is 5.91 Å². The van der Waals surface area contributed by atoms with Gasteiger partial charge < -0.3 is 14.7 Å². The third kappa shape index (κ3) is 4.14. The van der Waals surface area contributed by atoms with Crippen LogP contribution in [0.2, 0.25) is 0 Å². The molecule has 0 aliphatic carbocycles. The largest absolute Gasteiger partial charge is 0.507 e. The number of hydrogen-bond donors (Lipinski definition) is 1. The summed E-state index contributed by atoms with van der Waals surface area (Å²) in [6.07, 6.45) is 2.62. The molecule has 1 aromatic carbocycles. The van der Waals surface area contributed by atoms with Crippen molar-refractivity contribution in [2.24, 2.45) is 0 Å². The van der Waals surface area contributed by atoms with Gasteiger partial charge in [0.05, 0.1) is 18.5 Å². The Hall–Kier alpha value is -2.34. The van der Waals surface area contributed by atoms with E-state index < -0.39 is 0 Å². The van der Waals surface area contributed by atoms with Crippen LogP contribution in [0.15, 0.2) is 24.4 Å². The minimum Gasteiger partial charge on any atom is -0.507 e. The fraction of sp³-hybridized carbons (Fsp3) is 0.444. The Balaban J connectivity index is 2.28. The molecule has 0 unspecified atom stereocenters. The highest BCUT2D eigenvalue weighted by molar-refractivity contribution is 5.98. The number of phenolic OH excluding ortho intramolecular Hbond substituents is 1. The Kier molecular flexibility index (Phi) is 5.98. The number of ether oxygens (including phenoxy) is 1. The second kappa shape index (κ2) is 7.97. The third-order valence-corrected chi connectivity index (χ3v) is 3.83. The Morgan fingerprint density at radius 3 is 2.67 bits per heavy atom. The quantitative estimate of drug-likeness (QED) is 0.789. The smallest absolute Gasteiger partial charge is 0.306 e. The second-order valence-corrected chi connectivity index (χ2v) is 5.95. The molecule has 1 heterocycles. The predicted octanol–water partition coefficient (Wildman–Crippen LogP) is 2.43. The van der Waals surface area contributed by atoms with E-state index in [1.165, 1.54) is 4.57 Å². The van der Waals surface area contributed by atoms with Crippen LogP contribution in [0.25, 0.3) is 10.9 Å². The average Bonchev–Trinajstić information content (AvgIpc) is 2.91. The number of aromatic hydroxyl groups is 1. The lowest BCUT2D eigenvalue weighted by molar-refractivity contribution is -0.143. The lowest BCUT2D eigenvalue weighted by atomic mass is 10.1. The van der Waals surface area contributed by atoms with E-state index in [-0.39, 0.29) is 30.5 Å². The van der Waals surface area contributed by atoms with Gasteiger partial charge >= 0.3 is 5.97 Å². The van der Waals surface area contributed by atoms with Crippen molar-refractivity contribution in [2.75, 3.05) is 27.2 Å². The molecule has 6 nitrogen and oxygen atoms in total. The predicted molar refractivity (Wildman–Crippen MR) is 92.4 cm³/mol. The number of nitrogens with zero attached hydrogens (tertiary/aromatic N) is 2. The summed E-state index contributed by atoms with van der Waals surface area (Å²) in [4.78, 5) is 26.0. The van der Waals surface area contributed by atoms with E-state index in [1.807, 2.05) is 19.0 Å². The van der Waals surface area contributed by atoms with Gasteiger partial charge in [0.1, 0.15) is 5.75 Å². The van der Waals surface area contributed by atoms with Crippen molar-refractivity contribution in [3.05, 3.63) is 30.0 Å². The second-order valence-electron chi connectivity index (χ2n) is 5.95. The number of esters is 1. The molecular weight excluding hydrogens is 308 g/mol. The molecule has 0 saturated heterocycles. The van der Waals surface area contributed by atoms with Crippen molar-refractivity contribution in [3.63, 3.8) is 0 Å². The van der Waals surface area contributed by atoms with Crippen LogP contribution in [0.3, 0.4) is 0 Å². The van der Waals surface area contributed by atoms with Crippen molar-refractivity contribution < 1.29 is 19.4 Å². The van der Waals surface area contributed by atoms with Crippen LogP contribution in [-0.2, 0) is 16.0 Å². The standard InChI is InChI=1S/C18H24N2O4/c1-4-24-17(23)9-8-16(22)20-12-13(10-11-19(2)3)18-14(20)6-5-7-15(18)21/h5-7,12,21H,4,8-11H2,1-3H3. The highest BCUT2D eigenvalue weighted by atomic mass is 16.5. The number of rotatable bonds is 7. The molecule has 0 atom stereocenters. The molecule has 0 aliphatic rings. The van der Waals surface area contributed by atoms with E-state index in [1.54, 1.807) is 31.3 Å². The molecule has 1 aromatic heterocycles. The molecule has 0 saturated carbocycles. The molecule has 0 spiro atoms. The normalized spacial score (nSPS) is 11.2. The minimum atomic E-state index is -0.377. The van der Waals surface area contributed by atoms with Crippen molar-refractivity contribution in [1.82, 2.24) is 9.47 Å². The zero-order valence-corrected chi connectivity index (χ0v) is 14.4. The number of benzene rings is 1. The summed E-state index contributed by atoms with van der Waals surface area (Å²) in [6.45, 7) is 2.85. The number of hydrogen-bond acceptors (Lipinski definition) is 5. The average molecular weight is 332 g/mol. The van der Waals surface area contributed by atoms with Crippen LogP contribution >= 0.6 is 0 Å².